The van der Waals surface area contributed by atoms with Crippen LogP contribution in [0.15, 0.2) is 83.5 Å². The standard InChI is InChI=1S/C22H18N3O.C19H26NSi.Ir/c1-13(2)19-20-17(11-12-23-19)24-22(25(20)3)16-9-6-8-15-14-7-4-5-10-18(14)26-21(15)16;1-14(2)11-17-12-18(16-9-7-15(3)8-10-16)20-13-19(17)21(4,5)6;/h4-8,10-13H,1-3H3;7-9,12-14H,11H2,1-6H3;/q2*-1;/i;3D3,11D2;. The Kier molecular flexibility index (Phi) is 8.65. The van der Waals surface area contributed by atoms with Crippen molar-refractivity contribution >= 4 is 46.2 Å². The molecular formula is C41H44IrN4OSi-2. The number of benzene rings is 3. The summed E-state index contributed by atoms with van der Waals surface area (Å²) < 4.78 is 47.8. The number of hydrogen-bond donors (Lipinski definition) is 0. The number of fused-ring (bicyclic) bond motifs is 4. The molecule has 4 aromatic heterocycles. The van der Waals surface area contributed by atoms with E-state index in [4.69, 9.17) is 16.3 Å². The van der Waals surface area contributed by atoms with E-state index in [9.17, 15) is 0 Å². The third-order valence-electron chi connectivity index (χ3n) is 8.16. The van der Waals surface area contributed by atoms with E-state index in [-0.39, 0.29) is 31.6 Å². The molecular weight excluding hydrogens is 785 g/mol. The van der Waals surface area contributed by atoms with Gasteiger partial charge in [0.05, 0.1) is 36.2 Å². The molecule has 4 heterocycles. The van der Waals surface area contributed by atoms with Crippen LogP contribution in [0.4, 0.5) is 0 Å². The van der Waals surface area contributed by atoms with Crippen LogP contribution in [0.5, 0.6) is 0 Å². The Morgan fingerprint density at radius 2 is 1.77 bits per heavy atom. The molecule has 0 saturated carbocycles. The Labute approximate surface area is 306 Å². The monoisotopic (exact) mass is 834 g/mol. The second kappa shape index (κ2) is 14.3. The molecule has 0 atom stereocenters. The quantitative estimate of drug-likeness (QED) is 0.124. The third kappa shape index (κ3) is 7.10. The molecule has 0 aliphatic heterocycles. The second-order valence-electron chi connectivity index (χ2n) is 13.6. The first-order valence-corrected chi connectivity index (χ1v) is 19.6. The summed E-state index contributed by atoms with van der Waals surface area (Å²) in [4.78, 5) is 14.0. The minimum Gasteiger partial charge on any atom is -0.501 e. The van der Waals surface area contributed by atoms with Crippen molar-refractivity contribution in [3.63, 3.8) is 0 Å². The molecule has 0 aliphatic carbocycles. The SMILES string of the molecule is CC(C)c1nccc2nc(-c3[c-]ccc4c3oc3ccccc34)n(C)c12.[2H]C([2H])([2H])c1c[c-]c(-c2cc(C([2H])([2H])C(C)C)c([Si](C)(C)C)cn2)cc1.[Ir]. The minimum atomic E-state index is -2.16. The Bertz CT molecular complexity index is 2390. The van der Waals surface area contributed by atoms with Crippen molar-refractivity contribution in [2.24, 2.45) is 13.0 Å². The molecule has 0 N–H and O–H groups in total. The Balaban J connectivity index is 0.000000201. The van der Waals surface area contributed by atoms with Gasteiger partial charge in [-0.3, -0.25) is 9.97 Å². The maximum absolute atomic E-state index is 8.59. The van der Waals surface area contributed by atoms with Crippen LogP contribution in [0.1, 0.15) is 57.3 Å². The van der Waals surface area contributed by atoms with Crippen LogP contribution in [0, 0.1) is 24.9 Å². The molecule has 1 radical (unpaired) electrons. The predicted molar refractivity (Wildman–Crippen MR) is 199 cm³/mol. The van der Waals surface area contributed by atoms with E-state index in [0.29, 0.717) is 22.7 Å². The molecule has 0 unspecified atom stereocenters. The number of furan rings is 1. The van der Waals surface area contributed by atoms with Crippen LogP contribution in [-0.4, -0.2) is 27.6 Å². The molecule has 48 heavy (non-hydrogen) atoms. The third-order valence-corrected chi connectivity index (χ3v) is 10.2. The number of rotatable bonds is 6. The van der Waals surface area contributed by atoms with E-state index in [1.165, 1.54) is 6.07 Å². The van der Waals surface area contributed by atoms with E-state index < -0.39 is 21.3 Å². The Morgan fingerprint density at radius 3 is 2.46 bits per heavy atom. The zero-order valence-electron chi connectivity index (χ0n) is 33.7. The van der Waals surface area contributed by atoms with Gasteiger partial charge >= 0.3 is 0 Å². The van der Waals surface area contributed by atoms with E-state index in [2.05, 4.69) is 72.3 Å². The molecule has 0 aliphatic rings. The molecule has 0 saturated heterocycles. The maximum Gasteiger partial charge on any atom is 0.120 e. The topological polar surface area (TPSA) is 56.7 Å². The summed E-state index contributed by atoms with van der Waals surface area (Å²) >= 11 is 0. The van der Waals surface area contributed by atoms with Crippen molar-refractivity contribution in [2.75, 3.05) is 0 Å². The average molecular weight is 834 g/mol. The summed E-state index contributed by atoms with van der Waals surface area (Å²) in [5.74, 6) is 1.00. The number of aromatic nitrogens is 4. The number of imidazole rings is 1. The van der Waals surface area contributed by atoms with Gasteiger partial charge in [-0.05, 0) is 41.2 Å². The molecule has 0 bridgehead atoms. The van der Waals surface area contributed by atoms with E-state index in [1.807, 2.05) is 63.5 Å². The Morgan fingerprint density at radius 1 is 0.979 bits per heavy atom. The van der Waals surface area contributed by atoms with Crippen molar-refractivity contribution in [1.29, 1.82) is 0 Å². The van der Waals surface area contributed by atoms with Crippen molar-refractivity contribution in [1.82, 2.24) is 19.5 Å². The van der Waals surface area contributed by atoms with E-state index >= 15 is 0 Å². The van der Waals surface area contributed by atoms with Gasteiger partial charge in [0.25, 0.3) is 0 Å². The summed E-state index contributed by atoms with van der Waals surface area (Å²) in [6.07, 6.45) is 2.16. The molecule has 7 rings (SSSR count). The van der Waals surface area contributed by atoms with Crippen LogP contribution >= 0.6 is 0 Å². The summed E-state index contributed by atoms with van der Waals surface area (Å²) in [6, 6.07) is 26.9. The summed E-state index contributed by atoms with van der Waals surface area (Å²) in [5.41, 5.74) is 7.86. The van der Waals surface area contributed by atoms with Gasteiger partial charge < -0.3 is 14.0 Å². The first-order valence-electron chi connectivity index (χ1n) is 18.6. The summed E-state index contributed by atoms with van der Waals surface area (Å²) in [5, 5.41) is 3.21. The van der Waals surface area contributed by atoms with Gasteiger partial charge in [-0.25, -0.2) is 0 Å². The molecule has 0 spiro atoms. The van der Waals surface area contributed by atoms with Crippen LogP contribution in [0.3, 0.4) is 0 Å². The smallest absolute Gasteiger partial charge is 0.120 e. The number of nitrogens with zero attached hydrogens (tertiary/aromatic N) is 4. The molecule has 249 valence electrons. The summed E-state index contributed by atoms with van der Waals surface area (Å²) in [7, 11) is 0.257. The van der Waals surface area contributed by atoms with E-state index in [0.717, 1.165) is 55.2 Å². The largest absolute Gasteiger partial charge is 0.501 e. The van der Waals surface area contributed by atoms with Crippen LogP contribution in [0.2, 0.25) is 19.6 Å². The number of pyridine rings is 2. The minimum absolute atomic E-state index is 0. The zero-order chi connectivity index (χ0) is 37.7. The van der Waals surface area contributed by atoms with Gasteiger partial charge in [0.1, 0.15) is 5.58 Å². The molecule has 3 aromatic carbocycles. The number of hydrogen-bond acceptors (Lipinski definition) is 4. The fourth-order valence-corrected chi connectivity index (χ4v) is 7.31. The van der Waals surface area contributed by atoms with Crippen molar-refractivity contribution in [2.45, 2.75) is 66.5 Å². The zero-order valence-corrected chi connectivity index (χ0v) is 32.1. The fraction of sp³-hybridized carbons (Fsp3) is 0.293. The van der Waals surface area contributed by atoms with Crippen LogP contribution < -0.4 is 5.19 Å². The first-order chi connectivity index (χ1) is 24.4. The van der Waals surface area contributed by atoms with Gasteiger partial charge in [0.15, 0.2) is 0 Å². The van der Waals surface area contributed by atoms with E-state index in [1.54, 1.807) is 18.3 Å². The van der Waals surface area contributed by atoms with Crippen molar-refractivity contribution in [3.8, 4) is 22.6 Å². The molecule has 0 fully saturated rings. The molecule has 7 aromatic rings. The van der Waals surface area contributed by atoms with Crippen molar-refractivity contribution in [3.05, 3.63) is 108 Å². The van der Waals surface area contributed by atoms with Crippen LogP contribution in [-0.2, 0) is 33.5 Å². The summed E-state index contributed by atoms with van der Waals surface area (Å²) in [6.45, 7) is 12.4. The maximum atomic E-state index is 8.59. The molecule has 0 amide bonds. The second-order valence-corrected chi connectivity index (χ2v) is 18.6. The first kappa shape index (κ1) is 29.1. The number of aryl methyl sites for hydroxylation is 2. The van der Waals surface area contributed by atoms with Gasteiger partial charge in [0.2, 0.25) is 0 Å². The normalized spacial score (nSPS) is 13.8. The average Bonchev–Trinajstić information content (AvgIpc) is 3.65. The predicted octanol–water partition coefficient (Wildman–Crippen LogP) is 10.1. The van der Waals surface area contributed by atoms with Gasteiger partial charge in [-0.15, -0.1) is 53.6 Å². The van der Waals surface area contributed by atoms with Gasteiger partial charge in [-0.1, -0.05) is 95.0 Å². The number of para-hydroxylation sites is 1. The molecule has 7 heteroatoms. The fourth-order valence-electron chi connectivity index (χ4n) is 5.91. The van der Waals surface area contributed by atoms with Gasteiger partial charge in [0, 0.05) is 51.8 Å². The van der Waals surface area contributed by atoms with Crippen molar-refractivity contribution < 1.29 is 31.4 Å². The Hall–Kier alpha value is -3.90. The van der Waals surface area contributed by atoms with Gasteiger partial charge in [-0.2, -0.15) is 0 Å². The van der Waals surface area contributed by atoms with Crippen LogP contribution in [0.25, 0.3) is 55.6 Å². The molecule has 5 nitrogen and oxygen atoms in total.